The lowest BCUT2D eigenvalue weighted by atomic mass is 9.98. The summed E-state index contributed by atoms with van der Waals surface area (Å²) in [5.74, 6) is 1.28. The number of anilines is 3. The zero-order valence-electron chi connectivity index (χ0n) is 21.3. The Balaban J connectivity index is 1.40. The van der Waals surface area contributed by atoms with Crippen LogP contribution in [0.5, 0.6) is 0 Å². The predicted molar refractivity (Wildman–Crippen MR) is 143 cm³/mol. The summed E-state index contributed by atoms with van der Waals surface area (Å²) in [7, 11) is 1.70. The number of hydrogen-bond donors (Lipinski definition) is 2. The highest BCUT2D eigenvalue weighted by Gasteiger charge is 2.13. The van der Waals surface area contributed by atoms with Crippen molar-refractivity contribution in [2.75, 3.05) is 68.6 Å². The van der Waals surface area contributed by atoms with Crippen LogP contribution in [0.15, 0.2) is 42.6 Å². The van der Waals surface area contributed by atoms with Gasteiger partial charge in [0.25, 0.3) is 0 Å². The third-order valence-corrected chi connectivity index (χ3v) is 6.58. The van der Waals surface area contributed by atoms with Crippen LogP contribution in [0.25, 0.3) is 0 Å². The van der Waals surface area contributed by atoms with Crippen molar-refractivity contribution in [1.82, 2.24) is 4.98 Å². The van der Waals surface area contributed by atoms with Crippen LogP contribution in [0.1, 0.15) is 51.4 Å². The molecule has 6 nitrogen and oxygen atoms in total. The monoisotopic (exact) mass is 486 g/mol. The van der Waals surface area contributed by atoms with Crippen molar-refractivity contribution in [2.24, 2.45) is 5.92 Å². The topological polar surface area (TPSA) is 58.7 Å². The van der Waals surface area contributed by atoms with Crippen molar-refractivity contribution >= 4 is 17.2 Å². The third kappa shape index (κ3) is 10.8. The van der Waals surface area contributed by atoms with Gasteiger partial charge >= 0.3 is 0 Å². The number of nitrogens with one attached hydrogen (secondary N) is 2. The number of pyridine rings is 1. The van der Waals surface area contributed by atoms with Crippen LogP contribution in [0.3, 0.4) is 0 Å². The van der Waals surface area contributed by atoms with E-state index in [-0.39, 0.29) is 5.82 Å². The molecular weight excluding hydrogens is 443 g/mol. The summed E-state index contributed by atoms with van der Waals surface area (Å²) in [6.07, 6.45) is 11.3. The average molecular weight is 487 g/mol. The van der Waals surface area contributed by atoms with E-state index in [0.29, 0.717) is 19.1 Å². The van der Waals surface area contributed by atoms with E-state index in [2.05, 4.69) is 32.7 Å². The van der Waals surface area contributed by atoms with Gasteiger partial charge in [-0.1, -0.05) is 18.9 Å². The number of unbranched alkanes of at least 4 members (excludes halogenated alkanes) is 2. The summed E-state index contributed by atoms with van der Waals surface area (Å²) in [6.45, 7) is 6.05. The maximum atomic E-state index is 13.3. The Kier molecular flexibility index (Phi) is 12.7. The van der Waals surface area contributed by atoms with Gasteiger partial charge in [-0.2, -0.15) is 0 Å². The number of aromatic nitrogens is 1. The highest BCUT2D eigenvalue weighted by molar-refractivity contribution is 5.54. The Bertz CT molecular complexity index is 832. The molecule has 0 spiro atoms. The van der Waals surface area contributed by atoms with Gasteiger partial charge in [0.2, 0.25) is 0 Å². The first kappa shape index (κ1) is 27.2. The molecule has 35 heavy (non-hydrogen) atoms. The van der Waals surface area contributed by atoms with Gasteiger partial charge in [0, 0.05) is 63.5 Å². The summed E-state index contributed by atoms with van der Waals surface area (Å²) >= 11 is 0. The molecule has 0 saturated carbocycles. The van der Waals surface area contributed by atoms with Crippen LogP contribution in [0, 0.1) is 11.7 Å². The maximum absolute atomic E-state index is 13.3. The summed E-state index contributed by atoms with van der Waals surface area (Å²) in [4.78, 5) is 7.03. The van der Waals surface area contributed by atoms with Crippen LogP contribution >= 0.6 is 0 Å². The van der Waals surface area contributed by atoms with Crippen molar-refractivity contribution in [3.05, 3.63) is 48.4 Å². The van der Waals surface area contributed by atoms with Crippen LogP contribution in [-0.2, 0) is 9.47 Å². The van der Waals surface area contributed by atoms with Gasteiger partial charge in [-0.25, -0.2) is 9.37 Å². The van der Waals surface area contributed by atoms with Crippen LogP contribution in [0.4, 0.5) is 21.6 Å². The SMILES string of the molecule is COCCOCCC(CCCCCNc1cccc(F)c1)CNc1cc(N2CCCCC2)ccn1. The molecule has 194 valence electrons. The number of ether oxygens (including phenoxy) is 2. The number of piperidine rings is 1. The Morgan fingerprint density at radius 1 is 0.971 bits per heavy atom. The van der Waals surface area contributed by atoms with Gasteiger partial charge in [-0.15, -0.1) is 0 Å². The Morgan fingerprint density at radius 2 is 1.86 bits per heavy atom. The number of halogens is 1. The molecule has 0 amide bonds. The van der Waals surface area contributed by atoms with Gasteiger partial charge in [0.1, 0.15) is 11.6 Å². The second-order valence-electron chi connectivity index (χ2n) is 9.37. The highest BCUT2D eigenvalue weighted by Crippen LogP contribution is 2.22. The molecule has 1 fully saturated rings. The fourth-order valence-electron chi connectivity index (χ4n) is 4.52. The van der Waals surface area contributed by atoms with Crippen molar-refractivity contribution in [2.45, 2.75) is 51.4 Å². The molecule has 1 aromatic carbocycles. The lowest BCUT2D eigenvalue weighted by Gasteiger charge is -2.29. The van der Waals surface area contributed by atoms with Crippen LogP contribution in [-0.4, -0.2) is 58.1 Å². The summed E-state index contributed by atoms with van der Waals surface area (Å²) in [5, 5.41) is 6.90. The first-order valence-corrected chi connectivity index (χ1v) is 13.3. The molecule has 2 heterocycles. The molecule has 3 rings (SSSR count). The smallest absolute Gasteiger partial charge is 0.127 e. The molecule has 1 unspecified atom stereocenters. The number of hydrogen-bond acceptors (Lipinski definition) is 6. The van der Waals surface area contributed by atoms with Crippen LogP contribution in [0.2, 0.25) is 0 Å². The van der Waals surface area contributed by atoms with Gasteiger partial charge in [0.05, 0.1) is 13.2 Å². The minimum absolute atomic E-state index is 0.200. The summed E-state index contributed by atoms with van der Waals surface area (Å²) < 4.78 is 24.1. The normalized spacial score (nSPS) is 14.6. The van der Waals surface area contributed by atoms with E-state index in [1.54, 1.807) is 19.2 Å². The van der Waals surface area contributed by atoms with Crippen molar-refractivity contribution in [3.63, 3.8) is 0 Å². The van der Waals surface area contributed by atoms with E-state index in [9.17, 15) is 4.39 Å². The average Bonchev–Trinajstić information content (AvgIpc) is 2.89. The lowest BCUT2D eigenvalue weighted by Crippen LogP contribution is -2.29. The van der Waals surface area contributed by atoms with E-state index in [0.717, 1.165) is 76.4 Å². The molecule has 1 aliphatic heterocycles. The summed E-state index contributed by atoms with van der Waals surface area (Å²) in [5.41, 5.74) is 2.12. The van der Waals surface area contributed by atoms with Crippen molar-refractivity contribution in [1.29, 1.82) is 0 Å². The molecule has 1 aliphatic rings. The van der Waals surface area contributed by atoms with Gasteiger partial charge < -0.3 is 25.0 Å². The molecule has 0 bridgehead atoms. The second-order valence-corrected chi connectivity index (χ2v) is 9.37. The van der Waals surface area contributed by atoms with Crippen LogP contribution < -0.4 is 15.5 Å². The second kappa shape index (κ2) is 16.3. The standard InChI is InChI=1S/C28H43FN4O2/c1-34-19-20-35-18-13-24(9-4-2-5-14-30-26-11-8-10-25(29)21-26)23-32-28-22-27(12-15-31-28)33-16-6-3-7-17-33/h8,10-12,15,21-22,24,30H,2-7,9,13-14,16-20,23H2,1H3,(H,31,32). The van der Waals surface area contributed by atoms with E-state index in [4.69, 9.17) is 9.47 Å². The quantitative estimate of drug-likeness (QED) is 0.269. The van der Waals surface area contributed by atoms with Gasteiger partial charge in [0.15, 0.2) is 0 Å². The first-order valence-electron chi connectivity index (χ1n) is 13.3. The molecule has 1 aromatic heterocycles. The van der Waals surface area contributed by atoms with Gasteiger partial charge in [-0.3, -0.25) is 0 Å². The molecule has 0 aliphatic carbocycles. The predicted octanol–water partition coefficient (Wildman–Crippen LogP) is 5.96. The molecule has 2 N–H and O–H groups in total. The molecular formula is C28H43FN4O2. The van der Waals surface area contributed by atoms with Crippen molar-refractivity contribution in [3.8, 4) is 0 Å². The highest BCUT2D eigenvalue weighted by atomic mass is 19.1. The Labute approximate surface area is 210 Å². The first-order chi connectivity index (χ1) is 17.2. The Hall–Kier alpha value is -2.38. The zero-order valence-corrected chi connectivity index (χ0v) is 21.3. The molecule has 0 radical (unpaired) electrons. The number of nitrogens with zero attached hydrogens (tertiary/aromatic N) is 2. The number of benzene rings is 1. The molecule has 1 atom stereocenters. The van der Waals surface area contributed by atoms with Gasteiger partial charge in [-0.05, 0) is 68.7 Å². The lowest BCUT2D eigenvalue weighted by molar-refractivity contribution is 0.0637. The largest absolute Gasteiger partial charge is 0.385 e. The fraction of sp³-hybridized carbons (Fsp3) is 0.607. The van der Waals surface area contributed by atoms with E-state index < -0.39 is 0 Å². The summed E-state index contributed by atoms with van der Waals surface area (Å²) in [6, 6.07) is 11.0. The zero-order chi connectivity index (χ0) is 24.6. The molecule has 2 aromatic rings. The number of methoxy groups -OCH3 is 1. The fourth-order valence-corrected chi connectivity index (χ4v) is 4.52. The molecule has 1 saturated heterocycles. The minimum atomic E-state index is -0.200. The van der Waals surface area contributed by atoms with Crippen molar-refractivity contribution < 1.29 is 13.9 Å². The maximum Gasteiger partial charge on any atom is 0.127 e. The minimum Gasteiger partial charge on any atom is -0.385 e. The van der Waals surface area contributed by atoms with E-state index >= 15 is 0 Å². The van der Waals surface area contributed by atoms with E-state index in [1.807, 2.05) is 12.3 Å². The van der Waals surface area contributed by atoms with E-state index in [1.165, 1.54) is 31.0 Å². The Morgan fingerprint density at radius 3 is 2.69 bits per heavy atom. The third-order valence-electron chi connectivity index (χ3n) is 6.58. The number of rotatable bonds is 17. The molecule has 7 heteroatoms.